The van der Waals surface area contributed by atoms with E-state index in [1.807, 2.05) is 0 Å². The van der Waals surface area contributed by atoms with Crippen LogP contribution < -0.4 is 5.73 Å². The van der Waals surface area contributed by atoms with Crippen LogP contribution in [0.1, 0.15) is 77.0 Å². The van der Waals surface area contributed by atoms with E-state index in [0.29, 0.717) is 0 Å². The van der Waals surface area contributed by atoms with E-state index in [1.165, 1.54) is 38.5 Å². The van der Waals surface area contributed by atoms with Gasteiger partial charge in [-0.3, -0.25) is 4.79 Å². The maximum Gasteiger partial charge on any atom is 0.326 e. The number of ether oxygens (including phenoxy) is 1. The van der Waals surface area contributed by atoms with E-state index in [0.717, 1.165) is 38.5 Å². The zero-order valence-corrected chi connectivity index (χ0v) is 11.5. The largest absolute Gasteiger partial charge is 0.461 e. The number of hydrogen-bond donors (Lipinski definition) is 1. The fourth-order valence-electron chi connectivity index (χ4n) is 3.19. The van der Waals surface area contributed by atoms with Gasteiger partial charge in [0.25, 0.3) is 0 Å². The number of nitrogens with two attached hydrogens (primary N) is 1. The molecule has 2 aliphatic carbocycles. The third kappa shape index (κ3) is 3.71. The summed E-state index contributed by atoms with van der Waals surface area (Å²) in [5.41, 5.74) is 5.59. The summed E-state index contributed by atoms with van der Waals surface area (Å²) in [5, 5.41) is 0. The van der Waals surface area contributed by atoms with Crippen molar-refractivity contribution in [2.45, 2.75) is 88.7 Å². The van der Waals surface area contributed by atoms with E-state index in [9.17, 15) is 4.79 Å². The number of rotatable bonds is 2. The van der Waals surface area contributed by atoms with Gasteiger partial charge in [-0.15, -0.1) is 0 Å². The lowest BCUT2D eigenvalue weighted by Gasteiger charge is -2.28. The van der Waals surface area contributed by atoms with E-state index in [2.05, 4.69) is 0 Å². The molecule has 0 amide bonds. The predicted molar refractivity (Wildman–Crippen MR) is 72.2 cm³/mol. The first-order valence-corrected chi connectivity index (χ1v) is 7.71. The molecule has 0 heterocycles. The van der Waals surface area contributed by atoms with Crippen LogP contribution in [0, 0.1) is 0 Å². The van der Waals surface area contributed by atoms with E-state index in [1.54, 1.807) is 0 Å². The average Bonchev–Trinajstić information content (AvgIpc) is 2.72. The van der Waals surface area contributed by atoms with Gasteiger partial charge in [0, 0.05) is 0 Å². The number of carbonyl (C=O) groups excluding carboxylic acids is 1. The van der Waals surface area contributed by atoms with Gasteiger partial charge in [-0.05, 0) is 38.5 Å². The SMILES string of the molecule is NC1(C(=O)OC2CCCCCC2)CCCCCC1. The summed E-state index contributed by atoms with van der Waals surface area (Å²) < 4.78 is 5.71. The summed E-state index contributed by atoms with van der Waals surface area (Å²) in [6, 6.07) is 0. The van der Waals surface area contributed by atoms with Crippen molar-refractivity contribution >= 4 is 5.97 Å². The topological polar surface area (TPSA) is 52.3 Å². The van der Waals surface area contributed by atoms with Crippen LogP contribution in [0.3, 0.4) is 0 Å². The Labute approximate surface area is 110 Å². The Morgan fingerprint density at radius 2 is 1.39 bits per heavy atom. The van der Waals surface area contributed by atoms with Gasteiger partial charge >= 0.3 is 5.97 Å². The van der Waals surface area contributed by atoms with Gasteiger partial charge < -0.3 is 10.5 Å². The average molecular weight is 253 g/mol. The Morgan fingerprint density at radius 3 is 1.94 bits per heavy atom. The molecule has 104 valence electrons. The lowest BCUT2D eigenvalue weighted by Crippen LogP contribution is -2.49. The predicted octanol–water partition coefficient (Wildman–Crippen LogP) is 3.30. The molecule has 18 heavy (non-hydrogen) atoms. The van der Waals surface area contributed by atoms with E-state index in [4.69, 9.17) is 10.5 Å². The van der Waals surface area contributed by atoms with E-state index >= 15 is 0 Å². The summed E-state index contributed by atoms with van der Waals surface area (Å²) >= 11 is 0. The molecular weight excluding hydrogens is 226 g/mol. The molecule has 0 aromatic rings. The molecule has 3 heteroatoms. The standard InChI is InChI=1S/C15H27NO2/c16-15(11-7-3-4-8-12-15)14(17)18-13-9-5-1-2-6-10-13/h13H,1-12,16H2. The second kappa shape index (κ2) is 6.55. The normalized spacial score (nSPS) is 26.1. The minimum Gasteiger partial charge on any atom is -0.461 e. The molecular formula is C15H27NO2. The van der Waals surface area contributed by atoms with Gasteiger partial charge in [0.05, 0.1) is 0 Å². The highest BCUT2D eigenvalue weighted by atomic mass is 16.5. The monoisotopic (exact) mass is 253 g/mol. The summed E-state index contributed by atoms with van der Waals surface area (Å²) in [7, 11) is 0. The second-order valence-electron chi connectivity index (χ2n) is 6.09. The van der Waals surface area contributed by atoms with Gasteiger partial charge in [-0.1, -0.05) is 38.5 Å². The summed E-state index contributed by atoms with van der Waals surface area (Å²) in [6.45, 7) is 0. The van der Waals surface area contributed by atoms with Crippen LogP contribution >= 0.6 is 0 Å². The van der Waals surface area contributed by atoms with Gasteiger partial charge in [-0.2, -0.15) is 0 Å². The number of hydrogen-bond acceptors (Lipinski definition) is 3. The first-order valence-electron chi connectivity index (χ1n) is 7.71. The van der Waals surface area contributed by atoms with Crippen molar-refractivity contribution in [2.24, 2.45) is 5.73 Å². The van der Waals surface area contributed by atoms with Crippen molar-refractivity contribution in [3.8, 4) is 0 Å². The highest BCUT2D eigenvalue weighted by molar-refractivity contribution is 5.80. The maximum absolute atomic E-state index is 12.3. The summed E-state index contributed by atoms with van der Waals surface area (Å²) in [5.74, 6) is -0.128. The highest BCUT2D eigenvalue weighted by Crippen LogP contribution is 2.28. The van der Waals surface area contributed by atoms with Crippen molar-refractivity contribution in [2.75, 3.05) is 0 Å². The Morgan fingerprint density at radius 1 is 0.889 bits per heavy atom. The van der Waals surface area contributed by atoms with Gasteiger partial charge in [-0.25, -0.2) is 0 Å². The number of esters is 1. The molecule has 0 radical (unpaired) electrons. The maximum atomic E-state index is 12.3. The quantitative estimate of drug-likeness (QED) is 0.607. The fourth-order valence-corrected chi connectivity index (χ4v) is 3.19. The zero-order valence-electron chi connectivity index (χ0n) is 11.5. The lowest BCUT2D eigenvalue weighted by atomic mass is 9.91. The van der Waals surface area contributed by atoms with Crippen LogP contribution in [0.2, 0.25) is 0 Å². The van der Waals surface area contributed by atoms with E-state index in [-0.39, 0.29) is 12.1 Å². The molecule has 0 saturated heterocycles. The van der Waals surface area contributed by atoms with Crippen LogP contribution in [0.4, 0.5) is 0 Å². The molecule has 2 fully saturated rings. The molecule has 0 aliphatic heterocycles. The summed E-state index contributed by atoms with van der Waals surface area (Å²) in [4.78, 5) is 12.3. The van der Waals surface area contributed by atoms with Crippen LogP contribution in [0.5, 0.6) is 0 Å². The van der Waals surface area contributed by atoms with Crippen LogP contribution in [0.25, 0.3) is 0 Å². The highest BCUT2D eigenvalue weighted by Gasteiger charge is 2.37. The van der Waals surface area contributed by atoms with E-state index < -0.39 is 5.54 Å². The van der Waals surface area contributed by atoms with Crippen molar-refractivity contribution in [1.29, 1.82) is 0 Å². The van der Waals surface area contributed by atoms with Crippen molar-refractivity contribution < 1.29 is 9.53 Å². The van der Waals surface area contributed by atoms with Crippen LogP contribution in [-0.4, -0.2) is 17.6 Å². The smallest absolute Gasteiger partial charge is 0.326 e. The Hall–Kier alpha value is -0.570. The van der Waals surface area contributed by atoms with Crippen LogP contribution in [0.15, 0.2) is 0 Å². The Balaban J connectivity index is 1.88. The van der Waals surface area contributed by atoms with Gasteiger partial charge in [0.2, 0.25) is 0 Å². The first kappa shape index (κ1) is 13.9. The lowest BCUT2D eigenvalue weighted by molar-refractivity contribution is -0.157. The minimum absolute atomic E-state index is 0.128. The molecule has 2 N–H and O–H groups in total. The van der Waals surface area contributed by atoms with Gasteiger partial charge in [0.15, 0.2) is 0 Å². The molecule has 0 unspecified atom stereocenters. The number of carbonyl (C=O) groups is 1. The molecule has 2 rings (SSSR count). The molecule has 0 spiro atoms. The molecule has 3 nitrogen and oxygen atoms in total. The Bertz CT molecular complexity index is 262. The molecule has 0 aromatic carbocycles. The molecule has 0 bridgehead atoms. The third-order valence-corrected chi connectivity index (χ3v) is 4.48. The molecule has 2 aliphatic rings. The van der Waals surface area contributed by atoms with Crippen LogP contribution in [-0.2, 0) is 9.53 Å². The second-order valence-corrected chi connectivity index (χ2v) is 6.09. The van der Waals surface area contributed by atoms with Crippen molar-refractivity contribution in [1.82, 2.24) is 0 Å². The molecule has 0 aromatic heterocycles. The Kier molecular flexibility index (Phi) is 5.04. The van der Waals surface area contributed by atoms with Gasteiger partial charge in [0.1, 0.15) is 11.6 Å². The molecule has 0 atom stereocenters. The molecule has 2 saturated carbocycles. The van der Waals surface area contributed by atoms with Crippen molar-refractivity contribution in [3.05, 3.63) is 0 Å². The summed E-state index contributed by atoms with van der Waals surface area (Å²) in [6.07, 6.45) is 13.3. The zero-order chi connectivity index (χ0) is 12.8. The fraction of sp³-hybridized carbons (Fsp3) is 0.933. The third-order valence-electron chi connectivity index (χ3n) is 4.48. The first-order chi connectivity index (χ1) is 8.71. The van der Waals surface area contributed by atoms with Crippen molar-refractivity contribution in [3.63, 3.8) is 0 Å². The minimum atomic E-state index is -0.692.